The summed E-state index contributed by atoms with van der Waals surface area (Å²) in [6.07, 6.45) is 1.99. The van der Waals surface area contributed by atoms with Crippen molar-refractivity contribution < 1.29 is 0 Å². The van der Waals surface area contributed by atoms with E-state index >= 15 is 0 Å². The van der Waals surface area contributed by atoms with Crippen molar-refractivity contribution in [2.45, 2.75) is 0 Å². The number of nitrogens with one attached hydrogen (secondary N) is 2. The van der Waals surface area contributed by atoms with Gasteiger partial charge >= 0.3 is 0 Å². The average molecular weight is 707 g/mol. The zero-order valence-corrected chi connectivity index (χ0v) is 29.8. The molecule has 260 valence electrons. The zero-order valence-electron chi connectivity index (χ0n) is 29.8. The number of benzene rings is 7. The van der Waals surface area contributed by atoms with Crippen LogP contribution in [0.15, 0.2) is 199 Å². The molecule has 6 nitrogen and oxygen atoms in total. The van der Waals surface area contributed by atoms with Crippen LogP contribution in [0.3, 0.4) is 0 Å². The van der Waals surface area contributed by atoms with Gasteiger partial charge in [0.15, 0.2) is 17.3 Å². The van der Waals surface area contributed by atoms with Gasteiger partial charge in [0.2, 0.25) is 0 Å². The largest absolute Gasteiger partial charge is 0.308 e. The van der Waals surface area contributed by atoms with Crippen molar-refractivity contribution in [3.8, 4) is 27.9 Å². The first kappa shape index (κ1) is 32.1. The lowest BCUT2D eigenvalue weighted by atomic mass is 10.0. The number of para-hydroxylation sites is 3. The highest BCUT2D eigenvalue weighted by molar-refractivity contribution is 6.25. The molecular formula is C49H34N6. The minimum atomic E-state index is 0.144. The second-order valence-corrected chi connectivity index (χ2v) is 13.6. The Morgan fingerprint density at radius 1 is 0.509 bits per heavy atom. The van der Waals surface area contributed by atoms with Gasteiger partial charge < -0.3 is 4.57 Å². The van der Waals surface area contributed by atoms with E-state index in [1.807, 2.05) is 89.7 Å². The van der Waals surface area contributed by atoms with Gasteiger partial charge in [-0.2, -0.15) is 0 Å². The number of aromatic nitrogens is 3. The SMILES string of the molecule is N=C(N=C(Nn1c2ccccc2c2c1ncc1c3ccccc3n(-c3ccccc3)c12)c1cccc(-c2ccccc2)c1)c1cccc(-c2ccccc2)c1. The molecule has 0 aliphatic heterocycles. The van der Waals surface area contributed by atoms with Crippen LogP contribution in [0.25, 0.3) is 71.7 Å². The summed E-state index contributed by atoms with van der Waals surface area (Å²) in [6, 6.07) is 64.3. The van der Waals surface area contributed by atoms with E-state index in [2.05, 4.69) is 119 Å². The molecule has 0 atom stereocenters. The first-order valence-corrected chi connectivity index (χ1v) is 18.3. The Bertz CT molecular complexity index is 3070. The van der Waals surface area contributed by atoms with Crippen molar-refractivity contribution in [1.82, 2.24) is 14.2 Å². The molecule has 0 spiro atoms. The molecule has 10 aromatic rings. The lowest BCUT2D eigenvalue weighted by Crippen LogP contribution is -2.25. The van der Waals surface area contributed by atoms with Gasteiger partial charge in [-0.1, -0.05) is 152 Å². The van der Waals surface area contributed by atoms with Crippen LogP contribution >= 0.6 is 0 Å². The molecule has 3 aromatic heterocycles. The number of amidine groups is 2. The average Bonchev–Trinajstić information content (AvgIpc) is 3.77. The Morgan fingerprint density at radius 2 is 1.05 bits per heavy atom. The number of hydrogen-bond acceptors (Lipinski definition) is 2. The van der Waals surface area contributed by atoms with Crippen LogP contribution in [-0.4, -0.2) is 25.9 Å². The fourth-order valence-electron chi connectivity index (χ4n) is 7.70. The standard InChI is InChI=1S/C49H34N6/c50-47(37-22-14-20-35(30-37)33-16-4-1-5-17-33)52-48(38-23-15-21-36(31-38)34-18-6-2-7-19-34)53-55-44-29-13-11-27-41(44)45-46-42(32-51-49(45)55)40-26-10-12-28-43(40)54(46)39-24-8-3-9-25-39/h1-32H,(H2,50,52,53). The van der Waals surface area contributed by atoms with E-state index in [0.29, 0.717) is 11.4 Å². The molecule has 55 heavy (non-hydrogen) atoms. The summed E-state index contributed by atoms with van der Waals surface area (Å²) in [7, 11) is 0. The molecule has 0 saturated heterocycles. The normalized spacial score (nSPS) is 11.8. The molecule has 10 rings (SSSR count). The number of rotatable bonds is 6. The van der Waals surface area contributed by atoms with Crippen LogP contribution in [0.2, 0.25) is 0 Å². The Balaban J connectivity index is 1.19. The summed E-state index contributed by atoms with van der Waals surface area (Å²) in [5, 5.41) is 13.7. The number of fused-ring (bicyclic) bond motifs is 7. The Morgan fingerprint density at radius 3 is 1.75 bits per heavy atom. The van der Waals surface area contributed by atoms with E-state index in [-0.39, 0.29) is 5.84 Å². The monoisotopic (exact) mass is 706 g/mol. The maximum absolute atomic E-state index is 9.38. The summed E-state index contributed by atoms with van der Waals surface area (Å²) in [4.78, 5) is 10.2. The van der Waals surface area contributed by atoms with Crippen LogP contribution in [0.4, 0.5) is 0 Å². The molecule has 3 heterocycles. The molecule has 0 saturated carbocycles. The summed E-state index contributed by atoms with van der Waals surface area (Å²) < 4.78 is 4.37. The number of aliphatic imine (C=N–C) groups is 1. The smallest absolute Gasteiger partial charge is 0.162 e. The van der Waals surface area contributed by atoms with Crippen LogP contribution in [0.1, 0.15) is 11.1 Å². The number of hydrogen-bond donors (Lipinski definition) is 2. The molecular weight excluding hydrogens is 673 g/mol. The fourth-order valence-corrected chi connectivity index (χ4v) is 7.70. The highest BCUT2D eigenvalue weighted by atomic mass is 15.4. The van der Waals surface area contributed by atoms with Crippen molar-refractivity contribution in [1.29, 1.82) is 5.41 Å². The Hall–Kier alpha value is -7.57. The molecule has 7 aromatic carbocycles. The van der Waals surface area contributed by atoms with Crippen molar-refractivity contribution >= 4 is 55.4 Å². The molecule has 6 heteroatoms. The van der Waals surface area contributed by atoms with Gasteiger partial charge in [0.25, 0.3) is 0 Å². The summed E-state index contributed by atoms with van der Waals surface area (Å²) >= 11 is 0. The maximum atomic E-state index is 9.38. The molecule has 0 bridgehead atoms. The minimum Gasteiger partial charge on any atom is -0.308 e. The zero-order chi connectivity index (χ0) is 36.7. The van der Waals surface area contributed by atoms with Crippen LogP contribution in [0.5, 0.6) is 0 Å². The Kier molecular flexibility index (Phi) is 7.85. The van der Waals surface area contributed by atoms with Gasteiger partial charge in [-0.25, -0.2) is 14.7 Å². The van der Waals surface area contributed by atoms with Gasteiger partial charge in [-0.15, -0.1) is 0 Å². The third-order valence-electron chi connectivity index (χ3n) is 10.3. The van der Waals surface area contributed by atoms with Crippen LogP contribution in [-0.2, 0) is 0 Å². The van der Waals surface area contributed by atoms with Gasteiger partial charge in [-0.05, 0) is 58.7 Å². The topological polar surface area (TPSA) is 71.0 Å². The molecule has 0 radical (unpaired) electrons. The van der Waals surface area contributed by atoms with E-state index < -0.39 is 0 Å². The van der Waals surface area contributed by atoms with Gasteiger partial charge in [-0.3, -0.25) is 10.8 Å². The van der Waals surface area contributed by atoms with Gasteiger partial charge in [0.1, 0.15) is 0 Å². The van der Waals surface area contributed by atoms with Crippen LogP contribution in [0, 0.1) is 5.41 Å². The van der Waals surface area contributed by atoms with Crippen molar-refractivity contribution in [3.63, 3.8) is 0 Å². The molecule has 2 N–H and O–H groups in total. The lowest BCUT2D eigenvalue weighted by Gasteiger charge is -2.15. The van der Waals surface area contributed by atoms with Gasteiger partial charge in [0.05, 0.1) is 21.9 Å². The molecule has 0 unspecified atom stereocenters. The first-order valence-electron chi connectivity index (χ1n) is 18.3. The number of nitrogens with zero attached hydrogens (tertiary/aromatic N) is 4. The van der Waals surface area contributed by atoms with E-state index in [1.165, 1.54) is 0 Å². The quantitative estimate of drug-likeness (QED) is 0.133. The Labute approximate surface area is 317 Å². The van der Waals surface area contributed by atoms with Crippen LogP contribution < -0.4 is 5.43 Å². The summed E-state index contributed by atoms with van der Waals surface area (Å²) in [5.41, 5.74) is 14.5. The minimum absolute atomic E-state index is 0.144. The highest BCUT2D eigenvalue weighted by Crippen LogP contribution is 2.39. The summed E-state index contributed by atoms with van der Waals surface area (Å²) in [5.74, 6) is 0.673. The molecule has 0 fully saturated rings. The van der Waals surface area contributed by atoms with E-state index in [1.54, 1.807) is 0 Å². The third-order valence-corrected chi connectivity index (χ3v) is 10.3. The highest BCUT2D eigenvalue weighted by Gasteiger charge is 2.22. The van der Waals surface area contributed by atoms with E-state index in [9.17, 15) is 5.41 Å². The fraction of sp³-hybridized carbons (Fsp3) is 0. The lowest BCUT2D eigenvalue weighted by molar-refractivity contribution is 1.05. The molecule has 0 amide bonds. The third kappa shape index (κ3) is 5.64. The second-order valence-electron chi connectivity index (χ2n) is 13.6. The van der Waals surface area contributed by atoms with E-state index in [4.69, 9.17) is 9.98 Å². The van der Waals surface area contributed by atoms with Crippen molar-refractivity contribution in [3.05, 3.63) is 205 Å². The number of pyridine rings is 1. The second kappa shape index (κ2) is 13.4. The van der Waals surface area contributed by atoms with Gasteiger partial charge in [0, 0.05) is 39.2 Å². The van der Waals surface area contributed by atoms with E-state index in [0.717, 1.165) is 77.2 Å². The summed E-state index contributed by atoms with van der Waals surface area (Å²) in [6.45, 7) is 0. The first-order chi connectivity index (χ1) is 27.2. The molecule has 0 aliphatic rings. The predicted molar refractivity (Wildman–Crippen MR) is 228 cm³/mol. The molecule has 0 aliphatic carbocycles. The van der Waals surface area contributed by atoms with Crippen molar-refractivity contribution in [2.75, 3.05) is 5.43 Å². The van der Waals surface area contributed by atoms with Crippen molar-refractivity contribution in [2.24, 2.45) is 4.99 Å². The predicted octanol–water partition coefficient (Wildman–Crippen LogP) is 11.6. The maximum Gasteiger partial charge on any atom is 0.162 e.